The van der Waals surface area contributed by atoms with Crippen molar-refractivity contribution in [3.05, 3.63) is 97.1 Å². The minimum Gasteiger partial charge on any atom is -0.396 e. The van der Waals surface area contributed by atoms with Crippen molar-refractivity contribution in [2.75, 3.05) is 13.2 Å². The van der Waals surface area contributed by atoms with Crippen molar-refractivity contribution >= 4 is 11.8 Å². The highest BCUT2D eigenvalue weighted by Gasteiger charge is 2.58. The molecular weight excluding hydrogens is 504 g/mol. The highest BCUT2D eigenvalue weighted by atomic mass is 16.3. The standard InChI is InChI=1S/2C16H18N2O2/c2*1-2-11-8-16(10-17,15(18)20)14(13(11)9-19)12-6-4-3-5-7-12/h2*2-7,11,13-14,19H,1,8-9H2,(H2,18,20)/t2*11-,13-,14+,16-/m00/s1. The monoisotopic (exact) mass is 540 g/mol. The summed E-state index contributed by atoms with van der Waals surface area (Å²) in [6.07, 6.45) is 4.04. The molecule has 0 unspecified atom stereocenters. The third kappa shape index (κ3) is 5.16. The number of carbonyl (C=O) groups is 2. The summed E-state index contributed by atoms with van der Waals surface area (Å²) in [5.74, 6) is -2.70. The molecule has 8 atom stereocenters. The number of carbonyl (C=O) groups excluding carboxylic acids is 2. The van der Waals surface area contributed by atoms with Crippen molar-refractivity contribution in [1.29, 1.82) is 10.5 Å². The number of nitrogens with two attached hydrogens (primary N) is 2. The number of aliphatic hydroxyl groups excluding tert-OH is 2. The zero-order valence-electron chi connectivity index (χ0n) is 22.4. The van der Waals surface area contributed by atoms with Crippen LogP contribution in [0.1, 0.15) is 35.8 Å². The first-order valence-electron chi connectivity index (χ1n) is 13.2. The number of rotatable bonds is 8. The van der Waals surface area contributed by atoms with Gasteiger partial charge in [0.2, 0.25) is 11.8 Å². The molecule has 0 bridgehead atoms. The highest BCUT2D eigenvalue weighted by Crippen LogP contribution is 2.56. The molecule has 4 rings (SSSR count). The van der Waals surface area contributed by atoms with E-state index < -0.39 is 34.5 Å². The Labute approximate surface area is 235 Å². The number of nitriles is 2. The molecular formula is C32H36N4O4. The van der Waals surface area contributed by atoms with E-state index >= 15 is 0 Å². The molecule has 2 aromatic rings. The quantitative estimate of drug-likeness (QED) is 0.374. The topological polar surface area (TPSA) is 174 Å². The number of amides is 2. The zero-order chi connectivity index (χ0) is 29.5. The molecule has 40 heavy (non-hydrogen) atoms. The van der Waals surface area contributed by atoms with E-state index in [2.05, 4.69) is 25.3 Å². The fourth-order valence-corrected chi connectivity index (χ4v) is 6.76. The molecule has 2 saturated carbocycles. The molecule has 208 valence electrons. The van der Waals surface area contributed by atoms with Crippen LogP contribution in [0, 0.1) is 57.2 Å². The zero-order valence-corrected chi connectivity index (χ0v) is 22.4. The van der Waals surface area contributed by atoms with Gasteiger partial charge in [0.1, 0.15) is 10.8 Å². The molecule has 2 aliphatic carbocycles. The highest BCUT2D eigenvalue weighted by molar-refractivity contribution is 5.86. The number of primary amides is 2. The molecule has 2 amide bonds. The van der Waals surface area contributed by atoms with Crippen molar-refractivity contribution in [3.8, 4) is 12.1 Å². The Balaban J connectivity index is 0.000000220. The summed E-state index contributed by atoms with van der Waals surface area (Å²) in [6, 6.07) is 22.9. The van der Waals surface area contributed by atoms with Gasteiger partial charge in [0, 0.05) is 25.0 Å². The molecule has 0 heterocycles. The first-order valence-corrected chi connectivity index (χ1v) is 13.2. The smallest absolute Gasteiger partial charge is 0.238 e. The maximum atomic E-state index is 11.9. The lowest BCUT2D eigenvalue weighted by Crippen LogP contribution is -2.39. The van der Waals surface area contributed by atoms with Crippen molar-refractivity contribution in [1.82, 2.24) is 0 Å². The van der Waals surface area contributed by atoms with Crippen LogP contribution in [0.15, 0.2) is 86.0 Å². The fraction of sp³-hybridized carbons (Fsp3) is 0.375. The van der Waals surface area contributed by atoms with E-state index in [4.69, 9.17) is 11.5 Å². The van der Waals surface area contributed by atoms with E-state index in [0.717, 1.165) is 11.1 Å². The minimum atomic E-state index is -1.28. The van der Waals surface area contributed by atoms with Gasteiger partial charge >= 0.3 is 0 Å². The van der Waals surface area contributed by atoms with Gasteiger partial charge in [-0.2, -0.15) is 10.5 Å². The summed E-state index contributed by atoms with van der Waals surface area (Å²) in [5.41, 5.74) is 10.2. The number of nitrogens with zero attached hydrogens (tertiary/aromatic N) is 2. The molecule has 0 spiro atoms. The number of hydrogen-bond acceptors (Lipinski definition) is 6. The van der Waals surface area contributed by atoms with Crippen LogP contribution in [0.3, 0.4) is 0 Å². The molecule has 0 aromatic heterocycles. The number of allylic oxidation sites excluding steroid dienone is 2. The van der Waals surface area contributed by atoms with Crippen LogP contribution < -0.4 is 11.5 Å². The van der Waals surface area contributed by atoms with E-state index in [-0.39, 0.29) is 36.9 Å². The average molecular weight is 541 g/mol. The Morgan fingerprint density at radius 2 is 1.10 bits per heavy atom. The lowest BCUT2D eigenvalue weighted by Gasteiger charge is -2.28. The predicted molar refractivity (Wildman–Crippen MR) is 151 cm³/mol. The normalized spacial score (nSPS) is 32.5. The van der Waals surface area contributed by atoms with Gasteiger partial charge in [0.15, 0.2) is 0 Å². The Morgan fingerprint density at radius 3 is 1.32 bits per heavy atom. The second-order valence-corrected chi connectivity index (χ2v) is 10.6. The molecule has 6 N–H and O–H groups in total. The lowest BCUT2D eigenvalue weighted by atomic mass is 9.72. The first kappa shape index (κ1) is 30.3. The second-order valence-electron chi connectivity index (χ2n) is 10.6. The van der Waals surface area contributed by atoms with Crippen molar-refractivity contribution in [2.24, 2.45) is 46.0 Å². The summed E-state index contributed by atoms with van der Waals surface area (Å²) in [4.78, 5) is 23.9. The number of hydrogen-bond donors (Lipinski definition) is 4. The summed E-state index contributed by atoms with van der Waals surface area (Å²) < 4.78 is 0. The summed E-state index contributed by atoms with van der Waals surface area (Å²) >= 11 is 0. The van der Waals surface area contributed by atoms with Crippen LogP contribution in [-0.2, 0) is 9.59 Å². The first-order chi connectivity index (χ1) is 19.2. The summed E-state index contributed by atoms with van der Waals surface area (Å²) in [5, 5.41) is 38.6. The Hall–Kier alpha value is -4.24. The Morgan fingerprint density at radius 1 is 0.775 bits per heavy atom. The van der Waals surface area contributed by atoms with Crippen LogP contribution in [0.5, 0.6) is 0 Å². The van der Waals surface area contributed by atoms with Crippen LogP contribution in [0.4, 0.5) is 0 Å². The van der Waals surface area contributed by atoms with Crippen molar-refractivity contribution in [3.63, 3.8) is 0 Å². The van der Waals surface area contributed by atoms with Crippen LogP contribution >= 0.6 is 0 Å². The minimum absolute atomic E-state index is 0.0997. The van der Waals surface area contributed by atoms with E-state index in [1.807, 2.05) is 60.7 Å². The maximum Gasteiger partial charge on any atom is 0.238 e. The Bertz CT molecular complexity index is 1200. The van der Waals surface area contributed by atoms with Gasteiger partial charge in [-0.15, -0.1) is 13.2 Å². The van der Waals surface area contributed by atoms with Gasteiger partial charge in [-0.3, -0.25) is 9.59 Å². The van der Waals surface area contributed by atoms with Crippen LogP contribution in [0.2, 0.25) is 0 Å². The molecule has 2 aromatic carbocycles. The average Bonchev–Trinajstić information content (AvgIpc) is 3.52. The number of aliphatic hydroxyl groups is 2. The number of benzene rings is 2. The van der Waals surface area contributed by atoms with Gasteiger partial charge in [-0.25, -0.2) is 0 Å². The molecule has 8 heteroatoms. The van der Waals surface area contributed by atoms with E-state index in [1.165, 1.54) is 0 Å². The van der Waals surface area contributed by atoms with E-state index in [1.54, 1.807) is 12.2 Å². The predicted octanol–water partition coefficient (Wildman–Crippen LogP) is 3.16. The second kappa shape index (κ2) is 12.7. The molecule has 8 nitrogen and oxygen atoms in total. The van der Waals surface area contributed by atoms with E-state index in [0.29, 0.717) is 12.8 Å². The van der Waals surface area contributed by atoms with E-state index in [9.17, 15) is 30.3 Å². The Kier molecular flexibility index (Phi) is 9.65. The molecule has 2 aliphatic rings. The van der Waals surface area contributed by atoms with Crippen LogP contribution in [0.25, 0.3) is 0 Å². The maximum absolute atomic E-state index is 11.9. The van der Waals surface area contributed by atoms with Gasteiger partial charge in [-0.1, -0.05) is 72.8 Å². The molecule has 0 radical (unpaired) electrons. The fourth-order valence-electron chi connectivity index (χ4n) is 6.76. The van der Waals surface area contributed by atoms with Crippen LogP contribution in [-0.4, -0.2) is 35.2 Å². The van der Waals surface area contributed by atoms with Gasteiger partial charge in [0.05, 0.1) is 12.1 Å². The third-order valence-corrected chi connectivity index (χ3v) is 8.76. The molecule has 0 saturated heterocycles. The molecule has 2 fully saturated rings. The van der Waals surface area contributed by atoms with Gasteiger partial charge in [-0.05, 0) is 47.6 Å². The van der Waals surface area contributed by atoms with Crippen molar-refractivity contribution < 1.29 is 19.8 Å². The van der Waals surface area contributed by atoms with Gasteiger partial charge < -0.3 is 21.7 Å². The summed E-state index contributed by atoms with van der Waals surface area (Å²) in [6.45, 7) is 7.30. The van der Waals surface area contributed by atoms with Crippen molar-refractivity contribution in [2.45, 2.75) is 24.7 Å². The van der Waals surface area contributed by atoms with Gasteiger partial charge in [0.25, 0.3) is 0 Å². The molecule has 0 aliphatic heterocycles. The SMILES string of the molecule is C=C[C@H]1C[C@@](C#N)(C(N)=O)[C@H](c2ccccc2)[C@H]1CO.C=C[C@H]1C[C@@](C#N)(C(N)=O)[C@H](c2ccccc2)[C@H]1CO. The third-order valence-electron chi connectivity index (χ3n) is 8.76. The largest absolute Gasteiger partial charge is 0.396 e. The summed E-state index contributed by atoms with van der Waals surface area (Å²) in [7, 11) is 0. The lowest BCUT2D eigenvalue weighted by molar-refractivity contribution is -0.126.